The lowest BCUT2D eigenvalue weighted by atomic mass is 10.2. The monoisotopic (exact) mass is 401 g/mol. The number of thiophene rings is 1. The molecule has 3 heterocycles. The van der Waals surface area contributed by atoms with Crippen molar-refractivity contribution in [2.24, 2.45) is 0 Å². The standard InChI is InChI=1S/C20H20ClN3O2S/c1-13-11-23(12-14(2)26-13)20(25)18-10-17(19-4-3-9-27-19)22-24(18)16-7-5-15(21)6-8-16/h3-10,13-14H,11-12H2,1-2H3. The lowest BCUT2D eigenvalue weighted by molar-refractivity contribution is -0.0588. The van der Waals surface area contributed by atoms with E-state index in [1.807, 2.05) is 54.5 Å². The van der Waals surface area contributed by atoms with E-state index in [1.165, 1.54) is 0 Å². The van der Waals surface area contributed by atoms with Crippen LogP contribution in [-0.4, -0.2) is 45.9 Å². The maximum Gasteiger partial charge on any atom is 0.272 e. The topological polar surface area (TPSA) is 47.4 Å². The van der Waals surface area contributed by atoms with E-state index in [9.17, 15) is 4.79 Å². The molecule has 2 unspecified atom stereocenters. The van der Waals surface area contributed by atoms with Crippen LogP contribution in [-0.2, 0) is 4.74 Å². The molecule has 1 fully saturated rings. The minimum atomic E-state index is -0.0396. The third-order valence-corrected chi connectivity index (χ3v) is 5.62. The maximum absolute atomic E-state index is 13.3. The zero-order valence-corrected chi connectivity index (χ0v) is 16.7. The number of rotatable bonds is 3. The summed E-state index contributed by atoms with van der Waals surface area (Å²) in [4.78, 5) is 16.2. The van der Waals surface area contributed by atoms with Crippen LogP contribution in [0.2, 0.25) is 5.02 Å². The molecule has 0 spiro atoms. The van der Waals surface area contributed by atoms with Crippen molar-refractivity contribution in [2.45, 2.75) is 26.1 Å². The van der Waals surface area contributed by atoms with Crippen LogP contribution in [0, 0.1) is 0 Å². The molecule has 7 heteroatoms. The number of hydrogen-bond acceptors (Lipinski definition) is 4. The van der Waals surface area contributed by atoms with Crippen molar-refractivity contribution in [2.75, 3.05) is 13.1 Å². The average Bonchev–Trinajstić information content (AvgIpc) is 3.30. The van der Waals surface area contributed by atoms with E-state index in [0.717, 1.165) is 16.3 Å². The zero-order valence-electron chi connectivity index (χ0n) is 15.1. The van der Waals surface area contributed by atoms with Crippen molar-refractivity contribution < 1.29 is 9.53 Å². The second-order valence-electron chi connectivity index (χ2n) is 6.75. The van der Waals surface area contributed by atoms with Crippen LogP contribution in [0.3, 0.4) is 0 Å². The van der Waals surface area contributed by atoms with Gasteiger partial charge in [-0.05, 0) is 55.6 Å². The van der Waals surface area contributed by atoms with Gasteiger partial charge in [0.25, 0.3) is 5.91 Å². The molecule has 140 valence electrons. The third-order valence-electron chi connectivity index (χ3n) is 4.48. The summed E-state index contributed by atoms with van der Waals surface area (Å²) in [5, 5.41) is 7.36. The van der Waals surface area contributed by atoms with Gasteiger partial charge in [-0.1, -0.05) is 17.7 Å². The zero-order chi connectivity index (χ0) is 19.0. The summed E-state index contributed by atoms with van der Waals surface area (Å²) in [7, 11) is 0. The van der Waals surface area contributed by atoms with Crippen LogP contribution in [0.5, 0.6) is 0 Å². The average molecular weight is 402 g/mol. The summed E-state index contributed by atoms with van der Waals surface area (Å²) in [5.74, 6) is -0.0396. The van der Waals surface area contributed by atoms with Gasteiger partial charge in [0.15, 0.2) is 0 Å². The Morgan fingerprint density at radius 2 is 1.89 bits per heavy atom. The highest BCUT2D eigenvalue weighted by molar-refractivity contribution is 7.13. The highest BCUT2D eigenvalue weighted by Gasteiger charge is 2.29. The molecule has 1 aliphatic rings. The van der Waals surface area contributed by atoms with Crippen LogP contribution < -0.4 is 0 Å². The quantitative estimate of drug-likeness (QED) is 0.649. The number of halogens is 1. The van der Waals surface area contributed by atoms with Gasteiger partial charge in [-0.15, -0.1) is 11.3 Å². The summed E-state index contributed by atoms with van der Waals surface area (Å²) in [5.41, 5.74) is 2.14. The van der Waals surface area contributed by atoms with Crippen molar-refractivity contribution in [3.8, 4) is 16.3 Å². The first-order valence-electron chi connectivity index (χ1n) is 8.86. The molecule has 1 aliphatic heterocycles. The number of ether oxygens (including phenoxy) is 1. The normalized spacial score (nSPS) is 20.0. The minimum Gasteiger partial charge on any atom is -0.372 e. The van der Waals surface area contributed by atoms with Gasteiger partial charge in [0.1, 0.15) is 11.4 Å². The first-order valence-corrected chi connectivity index (χ1v) is 10.1. The number of nitrogens with zero attached hydrogens (tertiary/aromatic N) is 3. The van der Waals surface area contributed by atoms with Gasteiger partial charge < -0.3 is 9.64 Å². The number of amides is 1. The van der Waals surface area contributed by atoms with Gasteiger partial charge in [-0.3, -0.25) is 4.79 Å². The van der Waals surface area contributed by atoms with Gasteiger partial charge in [0.2, 0.25) is 0 Å². The highest BCUT2D eigenvalue weighted by atomic mass is 35.5. The van der Waals surface area contributed by atoms with E-state index in [4.69, 9.17) is 21.4 Å². The van der Waals surface area contributed by atoms with Gasteiger partial charge in [0, 0.05) is 18.1 Å². The lowest BCUT2D eigenvalue weighted by Gasteiger charge is -2.35. The molecule has 0 saturated carbocycles. The summed E-state index contributed by atoms with van der Waals surface area (Å²) < 4.78 is 7.47. The third kappa shape index (κ3) is 3.78. The van der Waals surface area contributed by atoms with E-state index in [2.05, 4.69) is 0 Å². The number of carbonyl (C=O) groups excluding carboxylic acids is 1. The molecule has 27 heavy (non-hydrogen) atoms. The Balaban J connectivity index is 1.76. The summed E-state index contributed by atoms with van der Waals surface area (Å²) in [6.45, 7) is 5.12. The first kappa shape index (κ1) is 18.2. The van der Waals surface area contributed by atoms with E-state index in [0.29, 0.717) is 23.8 Å². The molecule has 4 rings (SSSR count). The predicted molar refractivity (Wildman–Crippen MR) is 108 cm³/mol. The van der Waals surface area contributed by atoms with Crippen molar-refractivity contribution in [3.05, 3.63) is 58.6 Å². The minimum absolute atomic E-state index is 0.0152. The summed E-state index contributed by atoms with van der Waals surface area (Å²) >= 11 is 7.63. The molecular formula is C20H20ClN3O2S. The Morgan fingerprint density at radius 3 is 2.52 bits per heavy atom. The Bertz CT molecular complexity index is 927. The van der Waals surface area contributed by atoms with E-state index >= 15 is 0 Å². The van der Waals surface area contributed by atoms with Crippen molar-refractivity contribution >= 4 is 28.8 Å². The number of benzene rings is 1. The van der Waals surface area contributed by atoms with Crippen LogP contribution in [0.4, 0.5) is 0 Å². The van der Waals surface area contributed by atoms with Crippen LogP contribution in [0.1, 0.15) is 24.3 Å². The molecule has 0 radical (unpaired) electrons. The molecule has 2 atom stereocenters. The van der Waals surface area contributed by atoms with Crippen molar-refractivity contribution in [1.29, 1.82) is 0 Å². The van der Waals surface area contributed by atoms with Crippen molar-refractivity contribution in [1.82, 2.24) is 14.7 Å². The Kier molecular flexibility index (Phi) is 5.04. The maximum atomic E-state index is 13.3. The highest BCUT2D eigenvalue weighted by Crippen LogP contribution is 2.27. The molecule has 0 bridgehead atoms. The largest absolute Gasteiger partial charge is 0.372 e. The fourth-order valence-electron chi connectivity index (χ4n) is 3.36. The molecule has 0 aliphatic carbocycles. The van der Waals surface area contributed by atoms with E-state index in [-0.39, 0.29) is 18.1 Å². The number of morpholine rings is 1. The first-order chi connectivity index (χ1) is 13.0. The summed E-state index contributed by atoms with van der Waals surface area (Å²) in [6, 6.07) is 13.2. The molecule has 5 nitrogen and oxygen atoms in total. The van der Waals surface area contributed by atoms with Crippen molar-refractivity contribution in [3.63, 3.8) is 0 Å². The van der Waals surface area contributed by atoms with Gasteiger partial charge in [0.05, 0.1) is 22.8 Å². The second-order valence-corrected chi connectivity index (χ2v) is 8.13. The van der Waals surface area contributed by atoms with Gasteiger partial charge in [-0.2, -0.15) is 5.10 Å². The summed E-state index contributed by atoms with van der Waals surface area (Å²) in [6.07, 6.45) is 0.0303. The SMILES string of the molecule is CC1CN(C(=O)c2cc(-c3cccs3)nn2-c2ccc(Cl)cc2)CC(C)O1. The van der Waals surface area contributed by atoms with Gasteiger partial charge in [-0.25, -0.2) is 4.68 Å². The number of hydrogen-bond donors (Lipinski definition) is 0. The molecule has 1 aromatic carbocycles. The van der Waals surface area contributed by atoms with E-state index < -0.39 is 0 Å². The van der Waals surface area contributed by atoms with E-state index in [1.54, 1.807) is 28.2 Å². The fraction of sp³-hybridized carbons (Fsp3) is 0.300. The predicted octanol–water partition coefficient (Wildman–Crippen LogP) is 4.50. The Morgan fingerprint density at radius 1 is 1.19 bits per heavy atom. The number of carbonyl (C=O) groups is 1. The van der Waals surface area contributed by atoms with Crippen LogP contribution in [0.15, 0.2) is 47.8 Å². The molecule has 1 saturated heterocycles. The Labute approximate surface area is 167 Å². The number of aromatic nitrogens is 2. The molecule has 2 aromatic heterocycles. The molecular weight excluding hydrogens is 382 g/mol. The Hall–Kier alpha value is -2.15. The second kappa shape index (κ2) is 7.46. The lowest BCUT2D eigenvalue weighted by Crippen LogP contribution is -2.48. The molecule has 3 aromatic rings. The van der Waals surface area contributed by atoms with Gasteiger partial charge >= 0.3 is 0 Å². The fourth-order valence-corrected chi connectivity index (χ4v) is 4.17. The smallest absolute Gasteiger partial charge is 0.272 e. The molecule has 1 amide bonds. The van der Waals surface area contributed by atoms with Crippen LogP contribution >= 0.6 is 22.9 Å². The molecule has 0 N–H and O–H groups in total. The van der Waals surface area contributed by atoms with Crippen LogP contribution in [0.25, 0.3) is 16.3 Å².